The van der Waals surface area contributed by atoms with Gasteiger partial charge >= 0.3 is 0 Å². The van der Waals surface area contributed by atoms with Crippen LogP contribution in [0, 0.1) is 0 Å². The number of carbonyl (C=O) groups excluding carboxylic acids is 1. The van der Waals surface area contributed by atoms with Crippen molar-refractivity contribution >= 4 is 15.9 Å². The number of sulfonamides is 1. The van der Waals surface area contributed by atoms with Crippen molar-refractivity contribution in [2.24, 2.45) is 5.14 Å². The molecule has 0 aliphatic rings. The lowest BCUT2D eigenvalue weighted by Crippen LogP contribution is -2.27. The quantitative estimate of drug-likeness (QED) is 0.637. The summed E-state index contributed by atoms with van der Waals surface area (Å²) in [4.78, 5) is 12.3. The second-order valence-corrected chi connectivity index (χ2v) is 8.10. The number of nitrogens with zero attached hydrogens (tertiary/aromatic N) is 2. The van der Waals surface area contributed by atoms with E-state index < -0.39 is 10.0 Å². The first-order valence-electron chi connectivity index (χ1n) is 8.84. The van der Waals surface area contributed by atoms with Crippen molar-refractivity contribution < 1.29 is 13.2 Å². The van der Waals surface area contributed by atoms with E-state index in [0.717, 1.165) is 11.3 Å². The third-order valence-corrected chi connectivity index (χ3v) is 5.27. The second-order valence-electron chi connectivity index (χ2n) is 6.54. The van der Waals surface area contributed by atoms with E-state index in [2.05, 4.69) is 10.4 Å². The van der Waals surface area contributed by atoms with Gasteiger partial charge in [-0.15, -0.1) is 0 Å². The highest BCUT2D eigenvalue weighted by Crippen LogP contribution is 2.17. The van der Waals surface area contributed by atoms with Crippen molar-refractivity contribution in [3.05, 3.63) is 78.1 Å². The standard InChI is InChI=1S/C20H22N4O3S/c1-15(17-6-5-9-19(12-17)28(21,26)27)23-20(25)11-10-16-13-22-24(14-16)18-7-3-2-4-8-18/h2-9,12-15H,10-11H2,1H3,(H,23,25)(H2,21,26,27). The predicted molar refractivity (Wildman–Crippen MR) is 106 cm³/mol. The first kappa shape index (κ1) is 19.8. The Morgan fingerprint density at radius 3 is 2.64 bits per heavy atom. The van der Waals surface area contributed by atoms with E-state index >= 15 is 0 Å². The Balaban J connectivity index is 1.57. The fourth-order valence-electron chi connectivity index (χ4n) is 2.83. The van der Waals surface area contributed by atoms with Gasteiger partial charge in [0, 0.05) is 12.6 Å². The molecule has 2 aromatic carbocycles. The maximum Gasteiger partial charge on any atom is 0.238 e. The van der Waals surface area contributed by atoms with Crippen molar-refractivity contribution in [1.29, 1.82) is 0 Å². The topological polar surface area (TPSA) is 107 Å². The number of aryl methyl sites for hydroxylation is 1. The summed E-state index contributed by atoms with van der Waals surface area (Å²) in [5.74, 6) is -0.124. The van der Waals surface area contributed by atoms with Gasteiger partial charge in [0.25, 0.3) is 0 Å². The number of amides is 1. The Bertz CT molecular complexity index is 1060. The van der Waals surface area contributed by atoms with E-state index in [0.29, 0.717) is 18.4 Å². The molecule has 3 rings (SSSR count). The van der Waals surface area contributed by atoms with Crippen LogP contribution in [0.3, 0.4) is 0 Å². The zero-order valence-corrected chi connectivity index (χ0v) is 16.3. The molecule has 1 unspecified atom stereocenters. The van der Waals surface area contributed by atoms with Gasteiger partial charge in [-0.05, 0) is 48.7 Å². The van der Waals surface area contributed by atoms with Crippen LogP contribution >= 0.6 is 0 Å². The molecule has 1 atom stereocenters. The van der Waals surface area contributed by atoms with E-state index in [1.807, 2.05) is 36.5 Å². The Morgan fingerprint density at radius 2 is 1.93 bits per heavy atom. The molecule has 7 nitrogen and oxygen atoms in total. The van der Waals surface area contributed by atoms with Crippen LogP contribution in [0.4, 0.5) is 0 Å². The smallest absolute Gasteiger partial charge is 0.238 e. The lowest BCUT2D eigenvalue weighted by Gasteiger charge is -2.15. The van der Waals surface area contributed by atoms with Gasteiger partial charge < -0.3 is 5.32 Å². The molecule has 0 radical (unpaired) electrons. The van der Waals surface area contributed by atoms with Crippen LogP contribution in [-0.2, 0) is 21.2 Å². The summed E-state index contributed by atoms with van der Waals surface area (Å²) in [5.41, 5.74) is 2.60. The number of nitrogens with two attached hydrogens (primary N) is 1. The highest BCUT2D eigenvalue weighted by atomic mass is 32.2. The maximum atomic E-state index is 12.3. The third kappa shape index (κ3) is 5.05. The molecular formula is C20H22N4O3S. The fourth-order valence-corrected chi connectivity index (χ4v) is 3.40. The molecule has 1 heterocycles. The number of rotatable bonds is 7. The molecule has 8 heteroatoms. The van der Waals surface area contributed by atoms with Crippen LogP contribution in [0.25, 0.3) is 5.69 Å². The summed E-state index contributed by atoms with van der Waals surface area (Å²) >= 11 is 0. The maximum absolute atomic E-state index is 12.3. The van der Waals surface area contributed by atoms with Gasteiger partial charge in [-0.2, -0.15) is 5.10 Å². The van der Waals surface area contributed by atoms with Crippen molar-refractivity contribution in [3.8, 4) is 5.69 Å². The van der Waals surface area contributed by atoms with Gasteiger partial charge in [0.15, 0.2) is 0 Å². The normalized spacial score (nSPS) is 12.5. The van der Waals surface area contributed by atoms with Crippen LogP contribution in [-0.4, -0.2) is 24.1 Å². The van der Waals surface area contributed by atoms with Gasteiger partial charge in [0.1, 0.15) is 0 Å². The average molecular weight is 398 g/mol. The van der Waals surface area contributed by atoms with E-state index in [1.54, 1.807) is 29.9 Å². The monoisotopic (exact) mass is 398 g/mol. The predicted octanol–water partition coefficient (Wildman–Crippen LogP) is 2.33. The van der Waals surface area contributed by atoms with Crippen molar-refractivity contribution in [2.75, 3.05) is 0 Å². The molecule has 0 spiro atoms. The third-order valence-electron chi connectivity index (χ3n) is 4.36. The van der Waals surface area contributed by atoms with E-state index in [1.165, 1.54) is 12.1 Å². The molecule has 1 aromatic heterocycles. The molecule has 28 heavy (non-hydrogen) atoms. The number of aromatic nitrogens is 2. The molecule has 1 amide bonds. The summed E-state index contributed by atoms with van der Waals surface area (Å²) in [7, 11) is -3.78. The molecule has 3 aromatic rings. The van der Waals surface area contributed by atoms with Gasteiger partial charge in [0.05, 0.1) is 22.8 Å². The summed E-state index contributed by atoms with van der Waals surface area (Å²) < 4.78 is 24.7. The van der Waals surface area contributed by atoms with Crippen molar-refractivity contribution in [3.63, 3.8) is 0 Å². The number of hydrogen-bond donors (Lipinski definition) is 2. The molecule has 0 aliphatic carbocycles. The van der Waals surface area contributed by atoms with Crippen LogP contribution in [0.15, 0.2) is 71.9 Å². The number of hydrogen-bond acceptors (Lipinski definition) is 4. The van der Waals surface area contributed by atoms with E-state index in [9.17, 15) is 13.2 Å². The van der Waals surface area contributed by atoms with Gasteiger partial charge in [-0.1, -0.05) is 30.3 Å². The summed E-state index contributed by atoms with van der Waals surface area (Å²) in [5, 5.41) is 12.4. The SMILES string of the molecule is CC(NC(=O)CCc1cnn(-c2ccccc2)c1)c1cccc(S(N)(=O)=O)c1. The molecule has 0 bridgehead atoms. The van der Waals surface area contributed by atoms with E-state index in [-0.39, 0.29) is 16.8 Å². The first-order valence-corrected chi connectivity index (χ1v) is 10.4. The van der Waals surface area contributed by atoms with Gasteiger partial charge in [-0.25, -0.2) is 18.2 Å². The average Bonchev–Trinajstić information content (AvgIpc) is 3.15. The molecule has 0 aliphatic heterocycles. The minimum Gasteiger partial charge on any atom is -0.350 e. The van der Waals surface area contributed by atoms with Crippen LogP contribution in [0.2, 0.25) is 0 Å². The number of para-hydroxylation sites is 1. The van der Waals surface area contributed by atoms with Gasteiger partial charge in [0.2, 0.25) is 15.9 Å². The number of nitrogens with one attached hydrogen (secondary N) is 1. The Labute approximate surface area is 164 Å². The zero-order chi connectivity index (χ0) is 20.1. The van der Waals surface area contributed by atoms with E-state index in [4.69, 9.17) is 5.14 Å². The largest absolute Gasteiger partial charge is 0.350 e. The van der Waals surface area contributed by atoms with Crippen LogP contribution in [0.5, 0.6) is 0 Å². The Kier molecular flexibility index (Phi) is 5.91. The minimum absolute atomic E-state index is 0.0272. The Hall–Kier alpha value is -2.97. The number of carbonyl (C=O) groups is 1. The number of benzene rings is 2. The molecular weight excluding hydrogens is 376 g/mol. The van der Waals surface area contributed by atoms with Crippen LogP contribution in [0.1, 0.15) is 30.5 Å². The van der Waals surface area contributed by atoms with Crippen LogP contribution < -0.4 is 10.5 Å². The molecule has 0 fully saturated rings. The fraction of sp³-hybridized carbons (Fsp3) is 0.200. The highest BCUT2D eigenvalue weighted by molar-refractivity contribution is 7.89. The lowest BCUT2D eigenvalue weighted by molar-refractivity contribution is -0.121. The first-order chi connectivity index (χ1) is 13.3. The second kappa shape index (κ2) is 8.37. The highest BCUT2D eigenvalue weighted by Gasteiger charge is 2.14. The summed E-state index contributed by atoms with van der Waals surface area (Å²) in [6.45, 7) is 1.80. The Morgan fingerprint density at radius 1 is 1.18 bits per heavy atom. The molecule has 146 valence electrons. The minimum atomic E-state index is -3.78. The molecule has 0 saturated heterocycles. The molecule has 0 saturated carbocycles. The zero-order valence-electron chi connectivity index (χ0n) is 15.4. The summed E-state index contributed by atoms with van der Waals surface area (Å²) in [6, 6.07) is 15.7. The number of primary sulfonamides is 1. The van der Waals surface area contributed by atoms with Crippen molar-refractivity contribution in [1.82, 2.24) is 15.1 Å². The summed E-state index contributed by atoms with van der Waals surface area (Å²) in [6.07, 6.45) is 4.52. The molecule has 3 N–H and O–H groups in total. The lowest BCUT2D eigenvalue weighted by atomic mass is 10.1. The van der Waals surface area contributed by atoms with Gasteiger partial charge in [-0.3, -0.25) is 4.79 Å². The van der Waals surface area contributed by atoms with Crippen molar-refractivity contribution in [2.45, 2.75) is 30.7 Å².